The maximum atomic E-state index is 12.8. The third-order valence-electron chi connectivity index (χ3n) is 5.01. The highest BCUT2D eigenvalue weighted by Crippen LogP contribution is 2.45. The summed E-state index contributed by atoms with van der Waals surface area (Å²) in [5.74, 6) is 0.312. The summed E-state index contributed by atoms with van der Waals surface area (Å²) >= 11 is 0. The zero-order chi connectivity index (χ0) is 13.3. The van der Waals surface area contributed by atoms with Crippen LogP contribution < -0.4 is 0 Å². The highest BCUT2D eigenvalue weighted by molar-refractivity contribution is 7.93. The topological polar surface area (TPSA) is 52.6 Å². The average Bonchev–Trinajstić information content (AvgIpc) is 2.94. The van der Waals surface area contributed by atoms with Crippen molar-refractivity contribution in [3.8, 4) is 0 Å². The van der Waals surface area contributed by atoms with Crippen LogP contribution in [0.1, 0.15) is 51.4 Å². The average molecular weight is 288 g/mol. The molecule has 4 nitrogen and oxygen atoms in total. The Morgan fingerprint density at radius 2 is 1.53 bits per heavy atom. The molecular weight excluding hydrogens is 264 g/mol. The summed E-state index contributed by atoms with van der Waals surface area (Å²) in [6.07, 6.45) is 7.09. The molecule has 3 heterocycles. The fraction of sp³-hybridized carbons (Fsp3) is 1.00. The van der Waals surface area contributed by atoms with Crippen molar-refractivity contribution in [1.82, 2.24) is 0 Å². The minimum atomic E-state index is -3.12. The summed E-state index contributed by atoms with van der Waals surface area (Å²) in [5, 5.41) is 0. The lowest BCUT2D eigenvalue weighted by Gasteiger charge is -2.46. The van der Waals surface area contributed by atoms with Crippen molar-refractivity contribution in [1.29, 1.82) is 0 Å². The molecule has 5 heteroatoms. The summed E-state index contributed by atoms with van der Waals surface area (Å²) in [5.41, 5.74) is 0. The summed E-state index contributed by atoms with van der Waals surface area (Å²) in [6.45, 7) is 1.41. The summed E-state index contributed by atoms with van der Waals surface area (Å²) in [4.78, 5) is 0. The maximum absolute atomic E-state index is 12.8. The first kappa shape index (κ1) is 13.8. The molecule has 3 aliphatic rings. The fourth-order valence-corrected chi connectivity index (χ4v) is 6.65. The van der Waals surface area contributed by atoms with Crippen molar-refractivity contribution in [3.05, 3.63) is 0 Å². The molecule has 19 heavy (non-hydrogen) atoms. The maximum Gasteiger partial charge on any atom is 0.161 e. The van der Waals surface area contributed by atoms with Gasteiger partial charge in [-0.25, -0.2) is 8.42 Å². The van der Waals surface area contributed by atoms with Crippen LogP contribution in [0.15, 0.2) is 0 Å². The molecule has 0 aliphatic carbocycles. The van der Waals surface area contributed by atoms with Gasteiger partial charge in [-0.05, 0) is 44.9 Å². The Morgan fingerprint density at radius 3 is 2.11 bits per heavy atom. The summed E-state index contributed by atoms with van der Waals surface area (Å²) in [7, 11) is -3.12. The molecule has 0 spiro atoms. The SMILES string of the molecule is O=S1(=O)CCCCC1(C1CCCCO1)C1CCCO1. The van der Waals surface area contributed by atoms with Gasteiger partial charge >= 0.3 is 0 Å². The molecule has 110 valence electrons. The predicted molar refractivity (Wildman–Crippen MR) is 72.9 cm³/mol. The number of hydrogen-bond donors (Lipinski definition) is 0. The molecule has 0 aromatic carbocycles. The molecule has 0 N–H and O–H groups in total. The van der Waals surface area contributed by atoms with Gasteiger partial charge in [-0.3, -0.25) is 0 Å². The van der Waals surface area contributed by atoms with Crippen LogP contribution in [-0.4, -0.2) is 44.3 Å². The van der Waals surface area contributed by atoms with Crippen LogP contribution in [0.5, 0.6) is 0 Å². The Labute approximate surface area is 115 Å². The standard InChI is InChI=1S/C14H24O4S/c15-19(16)11-4-2-8-14(19,13-7-5-10-18-13)12-6-1-3-9-17-12/h12-13H,1-11H2. The smallest absolute Gasteiger partial charge is 0.161 e. The zero-order valence-corrected chi connectivity index (χ0v) is 12.3. The van der Waals surface area contributed by atoms with Crippen LogP contribution in [0.25, 0.3) is 0 Å². The molecule has 3 atom stereocenters. The Morgan fingerprint density at radius 1 is 0.842 bits per heavy atom. The molecule has 0 radical (unpaired) electrons. The number of hydrogen-bond acceptors (Lipinski definition) is 4. The lowest BCUT2D eigenvalue weighted by Crippen LogP contribution is -2.61. The molecule has 0 saturated carbocycles. The molecule has 0 aromatic rings. The summed E-state index contributed by atoms with van der Waals surface area (Å²) < 4.78 is 36.6. The highest BCUT2D eigenvalue weighted by Gasteiger charge is 2.58. The first-order chi connectivity index (χ1) is 9.17. The minimum Gasteiger partial charge on any atom is -0.376 e. The number of ether oxygens (including phenoxy) is 2. The van der Waals surface area contributed by atoms with E-state index in [1.807, 2.05) is 0 Å². The van der Waals surface area contributed by atoms with Crippen LogP contribution in [0, 0.1) is 0 Å². The second-order valence-electron chi connectivity index (χ2n) is 6.09. The molecule has 3 aliphatic heterocycles. The Bertz CT molecular complexity index is 407. The molecule has 0 aromatic heterocycles. The van der Waals surface area contributed by atoms with E-state index in [0.29, 0.717) is 19.0 Å². The third kappa shape index (κ3) is 2.24. The second kappa shape index (κ2) is 5.34. The van der Waals surface area contributed by atoms with Crippen molar-refractivity contribution in [3.63, 3.8) is 0 Å². The molecule has 3 rings (SSSR count). The van der Waals surface area contributed by atoms with Gasteiger partial charge in [0, 0.05) is 13.2 Å². The van der Waals surface area contributed by atoms with Crippen LogP contribution in [0.4, 0.5) is 0 Å². The van der Waals surface area contributed by atoms with E-state index in [-0.39, 0.29) is 12.2 Å². The van der Waals surface area contributed by atoms with E-state index in [9.17, 15) is 8.42 Å². The molecule has 0 amide bonds. The lowest BCUT2D eigenvalue weighted by atomic mass is 9.84. The number of sulfone groups is 1. The Hall–Kier alpha value is -0.130. The van der Waals surface area contributed by atoms with Crippen molar-refractivity contribution in [2.75, 3.05) is 19.0 Å². The lowest BCUT2D eigenvalue weighted by molar-refractivity contribution is -0.0572. The van der Waals surface area contributed by atoms with Gasteiger partial charge in [0.1, 0.15) is 4.75 Å². The first-order valence-electron chi connectivity index (χ1n) is 7.62. The van der Waals surface area contributed by atoms with E-state index in [2.05, 4.69) is 0 Å². The summed E-state index contributed by atoms with van der Waals surface area (Å²) in [6, 6.07) is 0. The van der Waals surface area contributed by atoms with Crippen LogP contribution in [0.3, 0.4) is 0 Å². The zero-order valence-electron chi connectivity index (χ0n) is 11.5. The Kier molecular flexibility index (Phi) is 3.89. The van der Waals surface area contributed by atoms with E-state index in [4.69, 9.17) is 9.47 Å². The Balaban J connectivity index is 1.97. The van der Waals surface area contributed by atoms with Gasteiger partial charge in [-0.2, -0.15) is 0 Å². The molecule has 0 bridgehead atoms. The van der Waals surface area contributed by atoms with Crippen molar-refractivity contribution in [2.45, 2.75) is 68.3 Å². The molecule has 3 fully saturated rings. The quantitative estimate of drug-likeness (QED) is 0.780. The third-order valence-corrected chi connectivity index (χ3v) is 7.72. The molecule has 3 saturated heterocycles. The fourth-order valence-electron chi connectivity index (χ4n) is 4.06. The molecule has 3 unspecified atom stereocenters. The largest absolute Gasteiger partial charge is 0.376 e. The van der Waals surface area contributed by atoms with E-state index >= 15 is 0 Å². The van der Waals surface area contributed by atoms with Crippen molar-refractivity contribution in [2.24, 2.45) is 0 Å². The van der Waals surface area contributed by atoms with Gasteiger partial charge < -0.3 is 9.47 Å². The van der Waals surface area contributed by atoms with Crippen LogP contribution in [-0.2, 0) is 19.3 Å². The van der Waals surface area contributed by atoms with Gasteiger partial charge in [0.05, 0.1) is 18.0 Å². The van der Waals surface area contributed by atoms with Gasteiger partial charge in [-0.15, -0.1) is 0 Å². The van der Waals surface area contributed by atoms with E-state index < -0.39 is 14.6 Å². The first-order valence-corrected chi connectivity index (χ1v) is 9.27. The van der Waals surface area contributed by atoms with Gasteiger partial charge in [0.2, 0.25) is 0 Å². The van der Waals surface area contributed by atoms with Crippen LogP contribution >= 0.6 is 0 Å². The van der Waals surface area contributed by atoms with Crippen molar-refractivity contribution < 1.29 is 17.9 Å². The van der Waals surface area contributed by atoms with E-state index in [1.165, 1.54) is 0 Å². The van der Waals surface area contributed by atoms with Gasteiger partial charge in [0.15, 0.2) is 9.84 Å². The normalized spacial score (nSPS) is 43.2. The highest BCUT2D eigenvalue weighted by atomic mass is 32.2. The predicted octanol–water partition coefficient (Wildman–Crippen LogP) is 2.07. The van der Waals surface area contributed by atoms with Crippen LogP contribution in [0.2, 0.25) is 0 Å². The van der Waals surface area contributed by atoms with Gasteiger partial charge in [0.25, 0.3) is 0 Å². The van der Waals surface area contributed by atoms with E-state index in [0.717, 1.165) is 51.4 Å². The van der Waals surface area contributed by atoms with Crippen molar-refractivity contribution >= 4 is 9.84 Å². The monoisotopic (exact) mass is 288 g/mol. The molecular formula is C14H24O4S. The number of rotatable bonds is 2. The van der Waals surface area contributed by atoms with E-state index in [1.54, 1.807) is 0 Å². The van der Waals surface area contributed by atoms with Gasteiger partial charge in [-0.1, -0.05) is 6.42 Å². The minimum absolute atomic E-state index is 0.138. The second-order valence-corrected chi connectivity index (χ2v) is 8.49.